The maximum atomic E-state index is 13.5. The molecule has 0 radical (unpaired) electrons. The first-order chi connectivity index (χ1) is 17.9. The molecule has 0 bridgehead atoms. The Bertz CT molecular complexity index is 1660. The number of carbonyl (C=O) groups excluding carboxylic acids is 1. The van der Waals surface area contributed by atoms with E-state index in [1.807, 2.05) is 55.5 Å². The zero-order valence-corrected chi connectivity index (χ0v) is 21.0. The third-order valence-corrected chi connectivity index (χ3v) is 7.92. The lowest BCUT2D eigenvalue weighted by Gasteiger charge is -2.23. The van der Waals surface area contributed by atoms with Gasteiger partial charge in [-0.3, -0.25) is 9.10 Å². The Morgan fingerprint density at radius 2 is 1.38 bits per heavy atom. The molecule has 0 saturated heterocycles. The molecule has 0 saturated carbocycles. The summed E-state index contributed by atoms with van der Waals surface area (Å²) >= 11 is 0. The molecular weight excluding hydrogens is 482 g/mol. The number of anilines is 1. The minimum absolute atomic E-state index is 0.112. The van der Waals surface area contributed by atoms with Crippen molar-refractivity contribution < 1.29 is 13.2 Å². The van der Waals surface area contributed by atoms with Crippen molar-refractivity contribution in [2.45, 2.75) is 11.8 Å². The van der Waals surface area contributed by atoms with E-state index >= 15 is 0 Å². The van der Waals surface area contributed by atoms with Crippen LogP contribution in [0.1, 0.15) is 11.1 Å². The molecule has 37 heavy (non-hydrogen) atoms. The van der Waals surface area contributed by atoms with Gasteiger partial charge in [0.2, 0.25) is 0 Å². The number of benzene rings is 5. The number of hydrazone groups is 1. The molecule has 6 nitrogen and oxygen atoms in total. The summed E-state index contributed by atoms with van der Waals surface area (Å²) in [6.07, 6.45) is 1.61. The molecule has 184 valence electrons. The predicted molar refractivity (Wildman–Crippen MR) is 149 cm³/mol. The Morgan fingerprint density at radius 3 is 2.00 bits per heavy atom. The van der Waals surface area contributed by atoms with Crippen LogP contribution in [0.3, 0.4) is 0 Å². The molecule has 0 aliphatic rings. The quantitative estimate of drug-likeness (QED) is 0.176. The summed E-state index contributed by atoms with van der Waals surface area (Å²) in [4.78, 5) is 13.1. The molecule has 7 heteroatoms. The highest BCUT2D eigenvalue weighted by Crippen LogP contribution is 2.27. The minimum atomic E-state index is -3.98. The first kappa shape index (κ1) is 24.2. The van der Waals surface area contributed by atoms with Crippen molar-refractivity contribution in [1.82, 2.24) is 5.43 Å². The Hall–Kier alpha value is -4.49. The second kappa shape index (κ2) is 10.2. The van der Waals surface area contributed by atoms with Gasteiger partial charge in [-0.05, 0) is 58.8 Å². The summed E-state index contributed by atoms with van der Waals surface area (Å²) in [5.74, 6) is -0.555. The van der Waals surface area contributed by atoms with Gasteiger partial charge in [0.25, 0.3) is 15.9 Å². The topological polar surface area (TPSA) is 78.8 Å². The molecule has 0 spiro atoms. The van der Waals surface area contributed by atoms with E-state index in [0.29, 0.717) is 5.69 Å². The van der Waals surface area contributed by atoms with Gasteiger partial charge in [0.05, 0.1) is 16.8 Å². The van der Waals surface area contributed by atoms with E-state index in [1.165, 1.54) is 0 Å². The molecule has 0 atom stereocenters. The van der Waals surface area contributed by atoms with E-state index in [2.05, 4.69) is 16.6 Å². The molecule has 0 aliphatic heterocycles. The van der Waals surface area contributed by atoms with Crippen molar-refractivity contribution in [3.8, 4) is 0 Å². The van der Waals surface area contributed by atoms with Gasteiger partial charge in [0.1, 0.15) is 6.54 Å². The number of fused-ring (bicyclic) bond motifs is 2. The fraction of sp³-hybridized carbons (Fsp3) is 0.0667. The second-order valence-electron chi connectivity index (χ2n) is 8.69. The maximum Gasteiger partial charge on any atom is 0.264 e. The SMILES string of the molecule is Cc1ccc(S(=O)(=O)N(CC(=O)N/N=C\c2c3ccccc3cc3ccccc23)c2ccccc2)cc1. The van der Waals surface area contributed by atoms with Gasteiger partial charge < -0.3 is 0 Å². The average molecular weight is 508 g/mol. The average Bonchev–Trinajstić information content (AvgIpc) is 2.92. The molecule has 0 heterocycles. The highest BCUT2D eigenvalue weighted by molar-refractivity contribution is 7.92. The van der Waals surface area contributed by atoms with Crippen molar-refractivity contribution in [3.63, 3.8) is 0 Å². The van der Waals surface area contributed by atoms with E-state index in [9.17, 15) is 13.2 Å². The summed E-state index contributed by atoms with van der Waals surface area (Å²) in [6.45, 7) is 1.46. The van der Waals surface area contributed by atoms with E-state index in [4.69, 9.17) is 0 Å². The van der Waals surface area contributed by atoms with Crippen molar-refractivity contribution in [2.75, 3.05) is 10.8 Å². The third-order valence-electron chi connectivity index (χ3n) is 6.14. The molecule has 0 unspecified atom stereocenters. The number of hydrogen-bond acceptors (Lipinski definition) is 4. The van der Waals surface area contributed by atoms with E-state index in [-0.39, 0.29) is 4.90 Å². The Labute approximate surface area is 215 Å². The van der Waals surface area contributed by atoms with Crippen LogP contribution < -0.4 is 9.73 Å². The highest BCUT2D eigenvalue weighted by Gasteiger charge is 2.27. The zero-order chi connectivity index (χ0) is 25.8. The van der Waals surface area contributed by atoms with Gasteiger partial charge in [-0.25, -0.2) is 13.8 Å². The maximum absolute atomic E-state index is 13.5. The summed E-state index contributed by atoms with van der Waals surface area (Å²) in [6, 6.07) is 33.2. The molecule has 5 aromatic carbocycles. The van der Waals surface area contributed by atoms with E-state index in [0.717, 1.165) is 37.0 Å². The van der Waals surface area contributed by atoms with Crippen molar-refractivity contribution in [3.05, 3.63) is 120 Å². The zero-order valence-electron chi connectivity index (χ0n) is 20.2. The van der Waals surface area contributed by atoms with Crippen LogP contribution in [0.15, 0.2) is 119 Å². The monoisotopic (exact) mass is 507 g/mol. The molecular formula is C30H25N3O3S. The predicted octanol–water partition coefficient (Wildman–Crippen LogP) is 5.65. The lowest BCUT2D eigenvalue weighted by molar-refractivity contribution is -0.119. The van der Waals surface area contributed by atoms with Crippen LogP contribution >= 0.6 is 0 Å². The van der Waals surface area contributed by atoms with Gasteiger partial charge >= 0.3 is 0 Å². The third kappa shape index (κ3) is 5.08. The van der Waals surface area contributed by atoms with Crippen molar-refractivity contribution in [1.29, 1.82) is 0 Å². The van der Waals surface area contributed by atoms with Gasteiger partial charge in [0, 0.05) is 5.56 Å². The van der Waals surface area contributed by atoms with Crippen molar-refractivity contribution >= 4 is 49.4 Å². The fourth-order valence-electron chi connectivity index (χ4n) is 4.27. The Balaban J connectivity index is 1.43. The van der Waals surface area contributed by atoms with Crippen LogP contribution in [-0.2, 0) is 14.8 Å². The number of aryl methyl sites for hydroxylation is 1. The van der Waals surface area contributed by atoms with Crippen LogP contribution in [0.2, 0.25) is 0 Å². The number of para-hydroxylation sites is 1. The van der Waals surface area contributed by atoms with Crippen molar-refractivity contribution in [2.24, 2.45) is 5.10 Å². The molecule has 5 rings (SSSR count). The van der Waals surface area contributed by atoms with Crippen LogP contribution in [0.25, 0.3) is 21.5 Å². The number of rotatable bonds is 7. The summed E-state index contributed by atoms with van der Waals surface area (Å²) < 4.78 is 28.0. The standard InChI is InChI=1S/C30H25N3O3S/c1-22-15-17-26(18-16-22)37(35,36)33(25-11-3-2-4-12-25)21-30(34)32-31-20-29-27-13-7-5-9-23(27)19-24-10-6-8-14-28(24)29/h2-20H,21H2,1H3,(H,32,34)/b31-20-. The highest BCUT2D eigenvalue weighted by atomic mass is 32.2. The molecule has 0 fully saturated rings. The van der Waals surface area contributed by atoms with Crippen LogP contribution in [0.5, 0.6) is 0 Å². The van der Waals surface area contributed by atoms with Gasteiger partial charge in [0.15, 0.2) is 0 Å². The smallest absolute Gasteiger partial charge is 0.264 e. The number of carbonyl (C=O) groups is 1. The lowest BCUT2D eigenvalue weighted by atomic mass is 9.97. The van der Waals surface area contributed by atoms with Gasteiger partial charge in [-0.15, -0.1) is 0 Å². The minimum Gasteiger partial charge on any atom is -0.271 e. The number of amides is 1. The molecule has 0 aliphatic carbocycles. The molecule has 0 aromatic heterocycles. The Morgan fingerprint density at radius 1 is 0.811 bits per heavy atom. The first-order valence-corrected chi connectivity index (χ1v) is 13.2. The van der Waals surface area contributed by atoms with Crippen LogP contribution in [-0.4, -0.2) is 27.1 Å². The van der Waals surface area contributed by atoms with E-state index in [1.54, 1.807) is 60.8 Å². The summed E-state index contributed by atoms with van der Waals surface area (Å²) in [5, 5.41) is 8.35. The first-order valence-electron chi connectivity index (χ1n) is 11.8. The lowest BCUT2D eigenvalue weighted by Crippen LogP contribution is -2.39. The fourth-order valence-corrected chi connectivity index (χ4v) is 5.69. The summed E-state index contributed by atoms with van der Waals surface area (Å²) in [7, 11) is -3.98. The Kier molecular flexibility index (Phi) is 6.70. The summed E-state index contributed by atoms with van der Waals surface area (Å²) in [5.41, 5.74) is 4.73. The van der Waals surface area contributed by atoms with E-state index < -0.39 is 22.5 Å². The number of nitrogens with one attached hydrogen (secondary N) is 1. The largest absolute Gasteiger partial charge is 0.271 e. The van der Waals surface area contributed by atoms with Crippen LogP contribution in [0.4, 0.5) is 5.69 Å². The molecule has 1 N–H and O–H groups in total. The number of nitrogens with zero attached hydrogens (tertiary/aromatic N) is 2. The van der Waals surface area contributed by atoms with Gasteiger partial charge in [-0.2, -0.15) is 5.10 Å². The van der Waals surface area contributed by atoms with Crippen LogP contribution in [0, 0.1) is 6.92 Å². The molecule has 5 aromatic rings. The second-order valence-corrected chi connectivity index (χ2v) is 10.5. The number of sulfonamides is 1. The number of hydrogen-bond donors (Lipinski definition) is 1. The van der Waals surface area contributed by atoms with Gasteiger partial charge in [-0.1, -0.05) is 84.4 Å². The normalized spacial score (nSPS) is 11.7. The molecule has 1 amide bonds.